The minimum absolute atomic E-state index is 0.478. The first-order chi connectivity index (χ1) is 8.24. The van der Waals surface area contributed by atoms with Crippen molar-refractivity contribution in [2.45, 2.75) is 69.1 Å². The summed E-state index contributed by atoms with van der Waals surface area (Å²) in [5.41, 5.74) is 5.99. The number of likely N-dealkylation sites (N-methyl/N-ethyl adjacent to an activating group) is 1. The SMILES string of the molecule is CN(C1CCC(N)CC1)C1CCN(C2CC2)C1. The number of rotatable bonds is 3. The molecule has 3 rings (SSSR count). The highest BCUT2D eigenvalue weighted by Gasteiger charge is 2.37. The first kappa shape index (κ1) is 11.9. The fourth-order valence-electron chi connectivity index (χ4n) is 3.68. The average Bonchev–Trinajstić information content (AvgIpc) is 3.07. The van der Waals surface area contributed by atoms with Crippen LogP contribution in [0.2, 0.25) is 0 Å². The van der Waals surface area contributed by atoms with Crippen LogP contribution in [0.15, 0.2) is 0 Å². The van der Waals surface area contributed by atoms with Gasteiger partial charge >= 0.3 is 0 Å². The van der Waals surface area contributed by atoms with Gasteiger partial charge in [-0.25, -0.2) is 0 Å². The second-order valence-corrected chi connectivity index (χ2v) is 6.40. The van der Waals surface area contributed by atoms with E-state index in [4.69, 9.17) is 5.73 Å². The van der Waals surface area contributed by atoms with Gasteiger partial charge in [-0.15, -0.1) is 0 Å². The van der Waals surface area contributed by atoms with Crippen LogP contribution >= 0.6 is 0 Å². The maximum atomic E-state index is 5.99. The maximum absolute atomic E-state index is 5.99. The predicted octanol–water partition coefficient (Wildman–Crippen LogP) is 1.42. The van der Waals surface area contributed by atoms with Gasteiger partial charge in [0.15, 0.2) is 0 Å². The molecule has 0 spiro atoms. The molecule has 2 saturated carbocycles. The molecule has 0 amide bonds. The lowest BCUT2D eigenvalue weighted by Gasteiger charge is -2.37. The lowest BCUT2D eigenvalue weighted by atomic mass is 9.90. The lowest BCUT2D eigenvalue weighted by molar-refractivity contribution is 0.131. The minimum Gasteiger partial charge on any atom is -0.328 e. The molecule has 2 N–H and O–H groups in total. The smallest absolute Gasteiger partial charge is 0.0235 e. The molecule has 3 nitrogen and oxygen atoms in total. The van der Waals surface area contributed by atoms with E-state index in [0.29, 0.717) is 6.04 Å². The average molecular weight is 237 g/mol. The number of nitrogens with two attached hydrogens (primary N) is 1. The summed E-state index contributed by atoms with van der Waals surface area (Å²) >= 11 is 0. The monoisotopic (exact) mass is 237 g/mol. The van der Waals surface area contributed by atoms with Crippen molar-refractivity contribution in [3.8, 4) is 0 Å². The Morgan fingerprint density at radius 1 is 0.941 bits per heavy atom. The van der Waals surface area contributed by atoms with Crippen molar-refractivity contribution in [2.24, 2.45) is 5.73 Å². The van der Waals surface area contributed by atoms with Crippen LogP contribution in [0.4, 0.5) is 0 Å². The molecular weight excluding hydrogens is 210 g/mol. The van der Waals surface area contributed by atoms with Gasteiger partial charge in [0, 0.05) is 37.3 Å². The van der Waals surface area contributed by atoms with Gasteiger partial charge in [-0.2, -0.15) is 0 Å². The predicted molar refractivity (Wildman–Crippen MR) is 71.0 cm³/mol. The topological polar surface area (TPSA) is 32.5 Å². The molecule has 0 aromatic heterocycles. The van der Waals surface area contributed by atoms with Crippen LogP contribution in [-0.2, 0) is 0 Å². The number of hydrogen-bond acceptors (Lipinski definition) is 3. The Kier molecular flexibility index (Phi) is 3.42. The van der Waals surface area contributed by atoms with Gasteiger partial charge in [0.2, 0.25) is 0 Å². The zero-order valence-corrected chi connectivity index (χ0v) is 11.1. The Morgan fingerprint density at radius 2 is 1.65 bits per heavy atom. The highest BCUT2D eigenvalue weighted by molar-refractivity contribution is 4.94. The molecule has 3 heteroatoms. The van der Waals surface area contributed by atoms with Crippen LogP contribution in [-0.4, -0.2) is 54.1 Å². The summed E-state index contributed by atoms with van der Waals surface area (Å²) in [7, 11) is 2.35. The fraction of sp³-hybridized carbons (Fsp3) is 1.00. The summed E-state index contributed by atoms with van der Waals surface area (Å²) < 4.78 is 0. The molecule has 1 unspecified atom stereocenters. The minimum atomic E-state index is 0.478. The van der Waals surface area contributed by atoms with E-state index in [1.54, 1.807) is 0 Å². The van der Waals surface area contributed by atoms with E-state index in [-0.39, 0.29) is 0 Å². The van der Waals surface area contributed by atoms with E-state index < -0.39 is 0 Å². The third-order valence-electron chi connectivity index (χ3n) is 5.15. The lowest BCUT2D eigenvalue weighted by Crippen LogP contribution is -2.45. The zero-order valence-electron chi connectivity index (χ0n) is 11.1. The highest BCUT2D eigenvalue weighted by atomic mass is 15.3. The molecule has 1 saturated heterocycles. The van der Waals surface area contributed by atoms with E-state index in [0.717, 1.165) is 18.1 Å². The van der Waals surface area contributed by atoms with E-state index >= 15 is 0 Å². The molecular formula is C14H27N3. The molecule has 17 heavy (non-hydrogen) atoms. The molecule has 0 radical (unpaired) electrons. The first-order valence-electron chi connectivity index (χ1n) is 7.45. The molecule has 1 aliphatic heterocycles. The quantitative estimate of drug-likeness (QED) is 0.806. The number of nitrogens with zero attached hydrogens (tertiary/aromatic N) is 2. The fourth-order valence-corrected chi connectivity index (χ4v) is 3.68. The van der Waals surface area contributed by atoms with Gasteiger partial charge in [-0.05, 0) is 52.0 Å². The van der Waals surface area contributed by atoms with Gasteiger partial charge in [0.05, 0.1) is 0 Å². The third-order valence-corrected chi connectivity index (χ3v) is 5.15. The summed E-state index contributed by atoms with van der Waals surface area (Å²) in [6, 6.07) is 3.05. The Hall–Kier alpha value is -0.120. The summed E-state index contributed by atoms with van der Waals surface area (Å²) in [6.45, 7) is 2.66. The standard InChI is InChI=1S/C14H27N3/c1-16(12-4-2-11(15)3-5-12)14-8-9-17(10-14)13-6-7-13/h11-14H,2-10,15H2,1H3. The van der Waals surface area contributed by atoms with Crippen molar-refractivity contribution in [1.29, 1.82) is 0 Å². The maximum Gasteiger partial charge on any atom is 0.0235 e. The molecule has 0 bridgehead atoms. The highest BCUT2D eigenvalue weighted by Crippen LogP contribution is 2.32. The summed E-state index contributed by atoms with van der Waals surface area (Å²) in [6.07, 6.45) is 9.39. The van der Waals surface area contributed by atoms with Crippen LogP contribution in [0, 0.1) is 0 Å². The van der Waals surface area contributed by atoms with Crippen LogP contribution in [0.1, 0.15) is 44.9 Å². The van der Waals surface area contributed by atoms with Gasteiger partial charge in [-0.1, -0.05) is 0 Å². The summed E-state index contributed by atoms with van der Waals surface area (Å²) in [5, 5.41) is 0. The zero-order chi connectivity index (χ0) is 11.8. The van der Waals surface area contributed by atoms with Gasteiger partial charge in [-0.3, -0.25) is 9.80 Å². The molecule has 0 aromatic rings. The Labute approximate surface area is 105 Å². The van der Waals surface area contributed by atoms with Crippen LogP contribution < -0.4 is 5.73 Å². The van der Waals surface area contributed by atoms with Crippen molar-refractivity contribution in [3.63, 3.8) is 0 Å². The Bertz CT molecular complexity index is 256. The van der Waals surface area contributed by atoms with Gasteiger partial charge in [0.25, 0.3) is 0 Å². The number of likely N-dealkylation sites (tertiary alicyclic amines) is 1. The molecule has 1 heterocycles. The summed E-state index contributed by atoms with van der Waals surface area (Å²) in [4.78, 5) is 5.39. The van der Waals surface area contributed by atoms with Crippen LogP contribution in [0.25, 0.3) is 0 Å². The van der Waals surface area contributed by atoms with E-state index in [2.05, 4.69) is 16.8 Å². The Balaban J connectivity index is 1.50. The molecule has 98 valence electrons. The molecule has 3 fully saturated rings. The van der Waals surface area contributed by atoms with E-state index in [9.17, 15) is 0 Å². The normalized spacial score (nSPS) is 40.1. The Morgan fingerprint density at radius 3 is 2.29 bits per heavy atom. The molecule has 3 aliphatic rings. The van der Waals surface area contributed by atoms with Crippen molar-refractivity contribution in [2.75, 3.05) is 20.1 Å². The molecule has 1 atom stereocenters. The second-order valence-electron chi connectivity index (χ2n) is 6.40. The van der Waals surface area contributed by atoms with Crippen LogP contribution in [0.3, 0.4) is 0 Å². The number of hydrogen-bond donors (Lipinski definition) is 1. The van der Waals surface area contributed by atoms with Crippen molar-refractivity contribution in [1.82, 2.24) is 9.80 Å². The van der Waals surface area contributed by atoms with Gasteiger partial charge in [0.1, 0.15) is 0 Å². The van der Waals surface area contributed by atoms with E-state index in [1.165, 1.54) is 58.0 Å². The van der Waals surface area contributed by atoms with Crippen LogP contribution in [0.5, 0.6) is 0 Å². The molecule has 2 aliphatic carbocycles. The van der Waals surface area contributed by atoms with Crippen molar-refractivity contribution < 1.29 is 0 Å². The van der Waals surface area contributed by atoms with Crippen molar-refractivity contribution in [3.05, 3.63) is 0 Å². The van der Waals surface area contributed by atoms with Crippen molar-refractivity contribution >= 4 is 0 Å². The van der Waals surface area contributed by atoms with Gasteiger partial charge < -0.3 is 5.73 Å². The third kappa shape index (κ3) is 2.67. The molecule has 0 aromatic carbocycles. The summed E-state index contributed by atoms with van der Waals surface area (Å²) in [5.74, 6) is 0. The first-order valence-corrected chi connectivity index (χ1v) is 7.45. The largest absolute Gasteiger partial charge is 0.328 e. The second kappa shape index (κ2) is 4.87. The van der Waals surface area contributed by atoms with E-state index in [1.807, 2.05) is 0 Å².